The zero-order valence-electron chi connectivity index (χ0n) is 11.4. The fourth-order valence-corrected chi connectivity index (χ4v) is 3.96. The maximum absolute atomic E-state index is 5.54. The van der Waals surface area contributed by atoms with Crippen LogP contribution >= 0.6 is 34.8 Å². The van der Waals surface area contributed by atoms with Crippen molar-refractivity contribution in [2.75, 3.05) is 0 Å². The van der Waals surface area contributed by atoms with E-state index in [-0.39, 0.29) is 0 Å². The highest BCUT2D eigenvalue weighted by Gasteiger charge is 2.28. The van der Waals surface area contributed by atoms with E-state index in [1.807, 2.05) is 0 Å². The van der Waals surface area contributed by atoms with Gasteiger partial charge in [-0.3, -0.25) is 0 Å². The van der Waals surface area contributed by atoms with Crippen LogP contribution in [-0.4, -0.2) is 9.55 Å². The molecule has 0 radical (unpaired) electrons. The molecule has 0 unspecified atom stereocenters. The Morgan fingerprint density at radius 3 is 2.68 bits per heavy atom. The van der Waals surface area contributed by atoms with Gasteiger partial charge in [0.25, 0.3) is 0 Å². The zero-order valence-corrected chi connectivity index (χ0v) is 14.3. The standard InChI is InChI=1S/C15H19IN2S/c1-15(2)7-5-11(6-8-15)18-13-4-3-10(16)9-12(13)17-14(18)19/h3-4,9,11H,5-8H2,1-2H3,(H,17,19). The fraction of sp³-hybridized carbons (Fsp3) is 0.533. The molecule has 1 aromatic heterocycles. The van der Waals surface area contributed by atoms with E-state index in [0.29, 0.717) is 11.5 Å². The minimum absolute atomic E-state index is 0.500. The smallest absolute Gasteiger partial charge is 0.178 e. The van der Waals surface area contributed by atoms with Crippen LogP contribution in [0.15, 0.2) is 18.2 Å². The summed E-state index contributed by atoms with van der Waals surface area (Å²) in [4.78, 5) is 3.36. The van der Waals surface area contributed by atoms with Gasteiger partial charge in [-0.25, -0.2) is 0 Å². The number of benzene rings is 1. The van der Waals surface area contributed by atoms with Gasteiger partial charge >= 0.3 is 0 Å². The van der Waals surface area contributed by atoms with Gasteiger partial charge < -0.3 is 9.55 Å². The van der Waals surface area contributed by atoms with Crippen LogP contribution < -0.4 is 0 Å². The third-order valence-corrected chi connectivity index (χ3v) is 5.32. The number of H-pyrrole nitrogens is 1. The van der Waals surface area contributed by atoms with Gasteiger partial charge in [0.15, 0.2) is 4.77 Å². The second-order valence-electron chi connectivity index (χ2n) is 6.36. The van der Waals surface area contributed by atoms with Crippen LogP contribution in [0.25, 0.3) is 11.0 Å². The molecule has 1 aliphatic carbocycles. The second-order valence-corrected chi connectivity index (χ2v) is 7.99. The monoisotopic (exact) mass is 386 g/mol. The van der Waals surface area contributed by atoms with Crippen molar-refractivity contribution in [3.8, 4) is 0 Å². The number of rotatable bonds is 1. The summed E-state index contributed by atoms with van der Waals surface area (Å²) in [7, 11) is 0. The van der Waals surface area contributed by atoms with E-state index in [4.69, 9.17) is 12.2 Å². The molecule has 1 aromatic carbocycles. The Kier molecular flexibility index (Phi) is 3.50. The molecule has 2 aromatic rings. The number of nitrogens with one attached hydrogen (secondary N) is 1. The van der Waals surface area contributed by atoms with E-state index in [9.17, 15) is 0 Å². The van der Waals surface area contributed by atoms with Crippen LogP contribution in [0, 0.1) is 13.8 Å². The molecule has 0 bridgehead atoms. The highest BCUT2D eigenvalue weighted by atomic mass is 127. The van der Waals surface area contributed by atoms with Gasteiger partial charge in [0.05, 0.1) is 11.0 Å². The van der Waals surface area contributed by atoms with Gasteiger partial charge in [-0.05, 0) is 84.1 Å². The molecular formula is C15H19IN2S. The minimum Gasteiger partial charge on any atom is -0.331 e. The van der Waals surface area contributed by atoms with E-state index < -0.39 is 0 Å². The van der Waals surface area contributed by atoms with Gasteiger partial charge in [0.2, 0.25) is 0 Å². The van der Waals surface area contributed by atoms with E-state index >= 15 is 0 Å². The van der Waals surface area contributed by atoms with Crippen LogP contribution in [-0.2, 0) is 0 Å². The normalized spacial score (nSPS) is 19.9. The second kappa shape index (κ2) is 4.88. The summed E-state index contributed by atoms with van der Waals surface area (Å²) in [6.45, 7) is 4.75. The third kappa shape index (κ3) is 2.61. The molecular weight excluding hydrogens is 367 g/mol. The van der Waals surface area contributed by atoms with Gasteiger partial charge in [0, 0.05) is 9.61 Å². The first kappa shape index (κ1) is 13.6. The summed E-state index contributed by atoms with van der Waals surface area (Å²) < 4.78 is 4.47. The lowest BCUT2D eigenvalue weighted by molar-refractivity contribution is 0.195. The maximum Gasteiger partial charge on any atom is 0.178 e. The molecule has 1 saturated carbocycles. The van der Waals surface area contributed by atoms with E-state index in [2.05, 4.69) is 64.2 Å². The molecule has 0 amide bonds. The molecule has 0 saturated heterocycles. The number of aromatic amines is 1. The van der Waals surface area contributed by atoms with Crippen molar-refractivity contribution in [3.63, 3.8) is 0 Å². The van der Waals surface area contributed by atoms with Crippen molar-refractivity contribution in [1.82, 2.24) is 9.55 Å². The predicted octanol–water partition coefficient (Wildman–Crippen LogP) is 5.44. The number of hydrogen-bond donors (Lipinski definition) is 1. The lowest BCUT2D eigenvalue weighted by atomic mass is 9.75. The molecule has 1 N–H and O–H groups in total. The Morgan fingerprint density at radius 2 is 2.00 bits per heavy atom. The molecule has 1 aliphatic rings. The van der Waals surface area contributed by atoms with Gasteiger partial charge in [-0.15, -0.1) is 0 Å². The van der Waals surface area contributed by atoms with Crippen molar-refractivity contribution in [2.45, 2.75) is 45.6 Å². The van der Waals surface area contributed by atoms with Crippen LogP contribution in [0.1, 0.15) is 45.6 Å². The van der Waals surface area contributed by atoms with Gasteiger partial charge in [-0.1, -0.05) is 13.8 Å². The average Bonchev–Trinajstić information content (AvgIpc) is 2.65. The first-order valence-electron chi connectivity index (χ1n) is 6.86. The number of fused-ring (bicyclic) bond motifs is 1. The quantitative estimate of drug-likeness (QED) is 0.511. The molecule has 1 fully saturated rings. The Labute approximate surface area is 132 Å². The summed E-state index contributed by atoms with van der Waals surface area (Å²) >= 11 is 7.88. The topological polar surface area (TPSA) is 20.7 Å². The predicted molar refractivity (Wildman–Crippen MR) is 91.1 cm³/mol. The molecule has 2 nitrogen and oxygen atoms in total. The Bertz CT molecular complexity index is 658. The minimum atomic E-state index is 0.500. The number of hydrogen-bond acceptors (Lipinski definition) is 1. The van der Waals surface area contributed by atoms with Crippen LogP contribution in [0.3, 0.4) is 0 Å². The molecule has 0 aliphatic heterocycles. The molecule has 0 spiro atoms. The third-order valence-electron chi connectivity index (χ3n) is 4.35. The van der Waals surface area contributed by atoms with Crippen molar-refractivity contribution < 1.29 is 0 Å². The Morgan fingerprint density at radius 1 is 1.32 bits per heavy atom. The van der Waals surface area contributed by atoms with Crippen molar-refractivity contribution in [1.29, 1.82) is 0 Å². The van der Waals surface area contributed by atoms with Crippen LogP contribution in [0.2, 0.25) is 0 Å². The summed E-state index contributed by atoms with van der Waals surface area (Å²) in [5.41, 5.74) is 2.93. The van der Waals surface area contributed by atoms with Gasteiger partial charge in [0.1, 0.15) is 0 Å². The van der Waals surface area contributed by atoms with Crippen molar-refractivity contribution in [2.24, 2.45) is 5.41 Å². The Hall–Kier alpha value is -0.360. The highest BCUT2D eigenvalue weighted by molar-refractivity contribution is 14.1. The summed E-state index contributed by atoms with van der Waals surface area (Å²) in [6, 6.07) is 7.10. The number of imidazole rings is 1. The number of nitrogens with zero attached hydrogens (tertiary/aromatic N) is 1. The molecule has 19 heavy (non-hydrogen) atoms. The van der Waals surface area contributed by atoms with E-state index in [1.54, 1.807) is 0 Å². The first-order valence-corrected chi connectivity index (χ1v) is 8.35. The molecule has 4 heteroatoms. The number of aromatic nitrogens is 2. The highest BCUT2D eigenvalue weighted by Crippen LogP contribution is 2.41. The zero-order chi connectivity index (χ0) is 13.6. The van der Waals surface area contributed by atoms with Crippen LogP contribution in [0.5, 0.6) is 0 Å². The Balaban J connectivity index is 2.01. The SMILES string of the molecule is CC1(C)CCC(n2c(=S)[nH]c3cc(I)ccc32)CC1. The lowest BCUT2D eigenvalue weighted by Crippen LogP contribution is -2.23. The fourth-order valence-electron chi connectivity index (χ4n) is 3.11. The number of halogens is 1. The molecule has 102 valence electrons. The summed E-state index contributed by atoms with van der Waals surface area (Å²) in [5.74, 6) is 0. The van der Waals surface area contributed by atoms with Crippen molar-refractivity contribution >= 4 is 45.8 Å². The molecule has 3 rings (SSSR count). The average molecular weight is 386 g/mol. The van der Waals surface area contributed by atoms with Gasteiger partial charge in [-0.2, -0.15) is 0 Å². The molecule has 0 atom stereocenters. The molecule has 1 heterocycles. The maximum atomic E-state index is 5.54. The summed E-state index contributed by atoms with van der Waals surface area (Å²) in [6.07, 6.45) is 5.05. The van der Waals surface area contributed by atoms with E-state index in [0.717, 1.165) is 4.77 Å². The largest absolute Gasteiger partial charge is 0.331 e. The van der Waals surface area contributed by atoms with E-state index in [1.165, 1.54) is 40.3 Å². The lowest BCUT2D eigenvalue weighted by Gasteiger charge is -2.35. The van der Waals surface area contributed by atoms with Crippen LogP contribution in [0.4, 0.5) is 0 Å². The first-order chi connectivity index (χ1) is 8.96. The summed E-state index contributed by atoms with van der Waals surface area (Å²) in [5, 5.41) is 0. The van der Waals surface area contributed by atoms with Crippen molar-refractivity contribution in [3.05, 3.63) is 26.5 Å².